The minimum atomic E-state index is -3.73. The molecule has 0 aromatic carbocycles. The van der Waals surface area contributed by atoms with Crippen molar-refractivity contribution < 1.29 is 22.7 Å². The summed E-state index contributed by atoms with van der Waals surface area (Å²) in [5.41, 5.74) is 7.82. The number of nitrogens with one attached hydrogen (secondary N) is 1. The van der Waals surface area contributed by atoms with Gasteiger partial charge in [-0.2, -0.15) is 9.51 Å². The number of rotatable bonds is 5. The van der Waals surface area contributed by atoms with E-state index in [4.69, 9.17) is 4.74 Å². The second-order valence-corrected chi connectivity index (χ2v) is 9.09. The number of hydrogen-bond acceptors (Lipinski definition) is 4. The summed E-state index contributed by atoms with van der Waals surface area (Å²) in [4.78, 5) is 15.2. The molecule has 0 spiro atoms. The average Bonchev–Trinajstić information content (AvgIpc) is 2.70. The Morgan fingerprint density at radius 2 is 2.05 bits per heavy atom. The fourth-order valence-corrected chi connectivity index (χ4v) is 3.82. The standard InChI is InChI=1S/C14H25N3O4S/c1-6-21-12(18)11(16-15)14(9-7-8-10(14)2)17-22(19,20)13(3,4)5/h10,17H,6-9H2,1-5H3. The highest BCUT2D eigenvalue weighted by molar-refractivity contribution is 7.90. The van der Waals surface area contributed by atoms with Gasteiger partial charge in [-0.25, -0.2) is 13.2 Å². The SMILES string of the molecule is CCOC(=O)C(=[N+]=[N-])C1(NS(=O)(=O)C(C)(C)C)CCCC1C. The lowest BCUT2D eigenvalue weighted by Crippen LogP contribution is -2.61. The van der Waals surface area contributed by atoms with Crippen molar-refractivity contribution in [3.8, 4) is 0 Å². The molecule has 1 N–H and O–H groups in total. The quantitative estimate of drug-likeness (QED) is 0.356. The summed E-state index contributed by atoms with van der Waals surface area (Å²) in [6, 6.07) is 0. The van der Waals surface area contributed by atoms with Gasteiger partial charge in [0.15, 0.2) is 0 Å². The van der Waals surface area contributed by atoms with Gasteiger partial charge >= 0.3 is 11.7 Å². The van der Waals surface area contributed by atoms with Gasteiger partial charge in [-0.1, -0.05) is 13.3 Å². The largest absolute Gasteiger partial charge is 0.457 e. The zero-order valence-electron chi connectivity index (χ0n) is 13.8. The molecule has 0 bridgehead atoms. The molecule has 1 aliphatic rings. The Labute approximate surface area is 132 Å². The second-order valence-electron chi connectivity index (χ2n) is 6.65. The van der Waals surface area contributed by atoms with E-state index < -0.39 is 26.3 Å². The first-order valence-electron chi connectivity index (χ1n) is 7.45. The molecule has 0 saturated heterocycles. The summed E-state index contributed by atoms with van der Waals surface area (Å²) in [7, 11) is -3.73. The van der Waals surface area contributed by atoms with Crippen molar-refractivity contribution in [1.29, 1.82) is 0 Å². The summed E-state index contributed by atoms with van der Waals surface area (Å²) in [5.74, 6) is -0.977. The molecule has 0 aromatic heterocycles. The van der Waals surface area contributed by atoms with Gasteiger partial charge in [0, 0.05) is 0 Å². The van der Waals surface area contributed by atoms with Gasteiger partial charge < -0.3 is 10.3 Å². The van der Waals surface area contributed by atoms with Crippen LogP contribution >= 0.6 is 0 Å². The minimum Gasteiger partial charge on any atom is -0.457 e. The maximum absolute atomic E-state index is 12.6. The summed E-state index contributed by atoms with van der Waals surface area (Å²) in [5, 5.41) is 0. The van der Waals surface area contributed by atoms with Crippen molar-refractivity contribution in [2.45, 2.75) is 64.2 Å². The number of hydrogen-bond donors (Lipinski definition) is 1. The number of ether oxygens (including phenoxy) is 1. The highest BCUT2D eigenvalue weighted by atomic mass is 32.2. The van der Waals surface area contributed by atoms with Gasteiger partial charge in [0.25, 0.3) is 0 Å². The van der Waals surface area contributed by atoms with Crippen molar-refractivity contribution in [1.82, 2.24) is 4.72 Å². The third kappa shape index (κ3) is 3.39. The topological polar surface area (TPSA) is 109 Å². The minimum absolute atomic E-state index is 0.119. The van der Waals surface area contributed by atoms with Crippen LogP contribution in [0.5, 0.6) is 0 Å². The van der Waals surface area contributed by atoms with Gasteiger partial charge in [-0.05, 0) is 46.5 Å². The molecule has 2 unspecified atom stereocenters. The zero-order chi connectivity index (χ0) is 17.2. The van der Waals surface area contributed by atoms with Crippen LogP contribution in [0, 0.1) is 5.92 Å². The summed E-state index contributed by atoms with van der Waals surface area (Å²) in [6.45, 7) is 8.31. The van der Waals surface area contributed by atoms with Crippen LogP contribution in [0.2, 0.25) is 0 Å². The first-order valence-corrected chi connectivity index (χ1v) is 8.93. The van der Waals surface area contributed by atoms with E-state index in [9.17, 15) is 18.7 Å². The molecule has 126 valence electrons. The van der Waals surface area contributed by atoms with E-state index in [1.165, 1.54) is 0 Å². The molecule has 0 aromatic rings. The zero-order valence-corrected chi connectivity index (χ0v) is 14.7. The Bertz CT molecular complexity index is 588. The van der Waals surface area contributed by atoms with Gasteiger partial charge in [0.05, 0.1) is 11.4 Å². The number of esters is 1. The van der Waals surface area contributed by atoms with Crippen molar-refractivity contribution in [3.05, 3.63) is 5.53 Å². The predicted octanol–water partition coefficient (Wildman–Crippen LogP) is 1.50. The highest BCUT2D eigenvalue weighted by Gasteiger charge is 2.57. The maximum atomic E-state index is 12.6. The van der Waals surface area contributed by atoms with E-state index in [-0.39, 0.29) is 18.2 Å². The molecule has 1 aliphatic carbocycles. The van der Waals surface area contributed by atoms with E-state index in [1.807, 2.05) is 6.92 Å². The molecule has 8 heteroatoms. The Morgan fingerprint density at radius 3 is 2.41 bits per heavy atom. The molecule has 1 fully saturated rings. The molecule has 1 rings (SSSR count). The molecule has 2 atom stereocenters. The fraction of sp³-hybridized carbons (Fsp3) is 0.857. The van der Waals surface area contributed by atoms with Crippen molar-refractivity contribution in [3.63, 3.8) is 0 Å². The predicted molar refractivity (Wildman–Crippen MR) is 82.8 cm³/mol. The Hall–Kier alpha value is -1.24. The number of carbonyl (C=O) groups is 1. The lowest BCUT2D eigenvalue weighted by atomic mass is 9.84. The molecule has 0 radical (unpaired) electrons. The van der Waals surface area contributed by atoms with Crippen LogP contribution in [0.15, 0.2) is 0 Å². The first-order chi connectivity index (χ1) is 10.0. The van der Waals surface area contributed by atoms with Gasteiger partial charge in [0.1, 0.15) is 5.54 Å². The molecular formula is C14H25N3O4S. The molecule has 0 heterocycles. The second kappa shape index (κ2) is 6.48. The van der Waals surface area contributed by atoms with E-state index >= 15 is 0 Å². The van der Waals surface area contributed by atoms with Crippen LogP contribution < -0.4 is 4.72 Å². The lowest BCUT2D eigenvalue weighted by Gasteiger charge is -2.32. The van der Waals surface area contributed by atoms with Gasteiger partial charge in [-0.15, -0.1) is 0 Å². The smallest absolute Gasteiger partial charge is 0.419 e. The first kappa shape index (κ1) is 18.8. The van der Waals surface area contributed by atoms with Gasteiger partial charge in [0.2, 0.25) is 10.0 Å². The summed E-state index contributed by atoms with van der Waals surface area (Å²) in [6.07, 6.45) is 1.85. The number of carbonyl (C=O) groups excluding carboxylic acids is 1. The van der Waals surface area contributed by atoms with Crippen LogP contribution in [0.4, 0.5) is 0 Å². The number of sulfonamides is 1. The lowest BCUT2D eigenvalue weighted by molar-refractivity contribution is -0.141. The van der Waals surface area contributed by atoms with Crippen molar-refractivity contribution in [2.75, 3.05) is 6.61 Å². The molecule has 0 aliphatic heterocycles. The molecule has 22 heavy (non-hydrogen) atoms. The van der Waals surface area contributed by atoms with Crippen LogP contribution in [0.25, 0.3) is 5.53 Å². The molecule has 0 amide bonds. The molecule has 7 nitrogen and oxygen atoms in total. The van der Waals surface area contributed by atoms with Gasteiger partial charge in [-0.3, -0.25) is 0 Å². The molecular weight excluding hydrogens is 306 g/mol. The van der Waals surface area contributed by atoms with Crippen LogP contribution in [0.3, 0.4) is 0 Å². The monoisotopic (exact) mass is 331 g/mol. The van der Waals surface area contributed by atoms with Crippen LogP contribution in [-0.2, 0) is 19.6 Å². The Balaban J connectivity index is 3.35. The van der Waals surface area contributed by atoms with E-state index in [0.717, 1.165) is 12.8 Å². The van der Waals surface area contributed by atoms with E-state index in [1.54, 1.807) is 27.7 Å². The van der Waals surface area contributed by atoms with Crippen LogP contribution in [-0.4, -0.2) is 41.8 Å². The van der Waals surface area contributed by atoms with Crippen LogP contribution in [0.1, 0.15) is 53.9 Å². The maximum Gasteiger partial charge on any atom is 0.419 e. The fourth-order valence-electron chi connectivity index (χ4n) is 2.64. The highest BCUT2D eigenvalue weighted by Crippen LogP contribution is 2.38. The van der Waals surface area contributed by atoms with E-state index in [0.29, 0.717) is 6.42 Å². The normalized spacial score (nSPS) is 25.6. The van der Waals surface area contributed by atoms with Crippen molar-refractivity contribution >= 4 is 21.7 Å². The molecule has 1 saturated carbocycles. The Kier molecular flexibility index (Phi) is 5.54. The Morgan fingerprint density at radius 1 is 1.45 bits per heavy atom. The summed E-state index contributed by atoms with van der Waals surface area (Å²) < 4.78 is 31.6. The summed E-state index contributed by atoms with van der Waals surface area (Å²) >= 11 is 0. The van der Waals surface area contributed by atoms with E-state index in [2.05, 4.69) is 9.51 Å². The third-order valence-corrected chi connectivity index (χ3v) is 6.41. The third-order valence-electron chi connectivity index (χ3n) is 4.16. The van der Waals surface area contributed by atoms with Crippen molar-refractivity contribution in [2.24, 2.45) is 5.92 Å². The number of nitrogens with zero attached hydrogens (tertiary/aromatic N) is 2. The average molecular weight is 331 g/mol.